The van der Waals surface area contributed by atoms with Crippen molar-refractivity contribution in [1.82, 2.24) is 10.3 Å². The highest BCUT2D eigenvalue weighted by Gasteiger charge is 2.13. The Morgan fingerprint density at radius 1 is 1.03 bits per heavy atom. The predicted octanol–water partition coefficient (Wildman–Crippen LogP) is 5.62. The van der Waals surface area contributed by atoms with Crippen molar-refractivity contribution in [3.8, 4) is 5.75 Å². The SMILES string of the molecule is O=C(OCCc1cc(Cl)cc(Br)c1OCc1ccc2nonc2c1)c1ccccc1. The quantitative estimate of drug-likeness (QED) is 0.315. The summed E-state index contributed by atoms with van der Waals surface area (Å²) in [5.41, 5.74) is 3.62. The third kappa shape index (κ3) is 4.80. The molecule has 0 unspecified atom stereocenters. The first-order valence-electron chi connectivity index (χ1n) is 9.14. The van der Waals surface area contributed by atoms with Crippen LogP contribution in [0, 0.1) is 0 Å². The van der Waals surface area contributed by atoms with E-state index in [1.807, 2.05) is 30.3 Å². The van der Waals surface area contributed by atoms with Crippen LogP contribution in [0.5, 0.6) is 5.75 Å². The molecule has 8 heteroatoms. The molecule has 6 nitrogen and oxygen atoms in total. The fourth-order valence-corrected chi connectivity index (χ4v) is 3.93. The summed E-state index contributed by atoms with van der Waals surface area (Å²) in [4.78, 5) is 12.1. The van der Waals surface area contributed by atoms with Gasteiger partial charge in [0.15, 0.2) is 0 Å². The summed E-state index contributed by atoms with van der Waals surface area (Å²) in [6.07, 6.45) is 0.458. The molecule has 1 aromatic heterocycles. The summed E-state index contributed by atoms with van der Waals surface area (Å²) in [6, 6.07) is 18.0. The zero-order valence-corrected chi connectivity index (χ0v) is 18.0. The third-order valence-corrected chi connectivity index (χ3v) is 5.21. The molecule has 0 saturated heterocycles. The molecule has 0 aliphatic rings. The largest absolute Gasteiger partial charge is 0.487 e. The van der Waals surface area contributed by atoms with Crippen molar-refractivity contribution in [2.24, 2.45) is 0 Å². The van der Waals surface area contributed by atoms with Crippen LogP contribution in [-0.2, 0) is 17.8 Å². The van der Waals surface area contributed by atoms with E-state index >= 15 is 0 Å². The van der Waals surface area contributed by atoms with E-state index in [9.17, 15) is 4.79 Å². The maximum Gasteiger partial charge on any atom is 0.338 e. The molecule has 0 aliphatic heterocycles. The molecular formula is C22H16BrClN2O4. The Morgan fingerprint density at radius 2 is 1.83 bits per heavy atom. The van der Waals surface area contributed by atoms with Crippen molar-refractivity contribution in [3.05, 3.63) is 86.8 Å². The number of benzene rings is 3. The van der Waals surface area contributed by atoms with Crippen molar-refractivity contribution in [2.45, 2.75) is 13.0 Å². The number of aromatic nitrogens is 2. The summed E-state index contributed by atoms with van der Waals surface area (Å²) in [6.45, 7) is 0.521. The second-order valence-corrected chi connectivity index (χ2v) is 7.79. The van der Waals surface area contributed by atoms with E-state index in [2.05, 4.69) is 26.2 Å². The maximum atomic E-state index is 12.1. The van der Waals surface area contributed by atoms with Crippen LogP contribution in [0.3, 0.4) is 0 Å². The fourth-order valence-electron chi connectivity index (χ4n) is 2.95. The first-order chi connectivity index (χ1) is 14.6. The van der Waals surface area contributed by atoms with Crippen LogP contribution in [0.15, 0.2) is 69.8 Å². The Morgan fingerprint density at radius 3 is 2.67 bits per heavy atom. The smallest absolute Gasteiger partial charge is 0.338 e. The van der Waals surface area contributed by atoms with Gasteiger partial charge in [0.05, 0.1) is 16.6 Å². The van der Waals surface area contributed by atoms with Crippen LogP contribution < -0.4 is 4.74 Å². The molecule has 0 saturated carbocycles. The fraction of sp³-hybridized carbons (Fsp3) is 0.136. The standard InChI is InChI=1S/C22H16BrClN2O4/c23-18-12-17(24)11-16(8-9-28-22(27)15-4-2-1-3-5-15)21(18)29-13-14-6-7-19-20(10-14)26-30-25-19/h1-7,10-12H,8-9,13H2. The van der Waals surface area contributed by atoms with Crippen LogP contribution in [0.25, 0.3) is 11.0 Å². The number of hydrogen-bond donors (Lipinski definition) is 0. The lowest BCUT2D eigenvalue weighted by atomic mass is 10.1. The lowest BCUT2D eigenvalue weighted by Crippen LogP contribution is -2.09. The van der Waals surface area contributed by atoms with Crippen molar-refractivity contribution in [2.75, 3.05) is 6.61 Å². The molecule has 0 atom stereocenters. The average Bonchev–Trinajstić information content (AvgIpc) is 3.21. The van der Waals surface area contributed by atoms with Gasteiger partial charge in [-0.25, -0.2) is 9.42 Å². The Kier molecular flexibility index (Phi) is 6.30. The van der Waals surface area contributed by atoms with E-state index < -0.39 is 0 Å². The number of carbonyl (C=O) groups is 1. The van der Waals surface area contributed by atoms with Crippen molar-refractivity contribution in [1.29, 1.82) is 0 Å². The van der Waals surface area contributed by atoms with Gasteiger partial charge >= 0.3 is 5.97 Å². The van der Waals surface area contributed by atoms with Gasteiger partial charge in [-0.3, -0.25) is 0 Å². The molecule has 1 heterocycles. The normalized spacial score (nSPS) is 10.9. The molecule has 3 aromatic carbocycles. The molecule has 0 radical (unpaired) electrons. The molecule has 152 valence electrons. The Labute approximate surface area is 185 Å². The summed E-state index contributed by atoms with van der Waals surface area (Å²) in [5.74, 6) is 0.280. The zero-order chi connectivity index (χ0) is 20.9. The minimum atomic E-state index is -0.367. The Hall–Kier alpha value is -2.90. The van der Waals surface area contributed by atoms with E-state index in [0.29, 0.717) is 40.4 Å². The summed E-state index contributed by atoms with van der Waals surface area (Å²) >= 11 is 9.72. The van der Waals surface area contributed by atoms with E-state index in [4.69, 9.17) is 25.7 Å². The minimum Gasteiger partial charge on any atom is -0.487 e. The number of rotatable bonds is 7. The monoisotopic (exact) mass is 486 g/mol. The number of fused-ring (bicyclic) bond motifs is 1. The highest BCUT2D eigenvalue weighted by atomic mass is 79.9. The van der Waals surface area contributed by atoms with Gasteiger partial charge in [0.25, 0.3) is 0 Å². The summed E-state index contributed by atoms with van der Waals surface area (Å²) in [5, 5.41) is 8.21. The Bertz CT molecular complexity index is 1180. The van der Waals surface area contributed by atoms with Gasteiger partial charge in [-0.1, -0.05) is 35.9 Å². The van der Waals surface area contributed by atoms with Gasteiger partial charge in [-0.05, 0) is 68.2 Å². The van der Waals surface area contributed by atoms with Gasteiger partial charge in [0, 0.05) is 17.0 Å². The number of ether oxygens (including phenoxy) is 2. The molecule has 0 N–H and O–H groups in total. The van der Waals surface area contributed by atoms with Crippen LogP contribution in [-0.4, -0.2) is 22.9 Å². The minimum absolute atomic E-state index is 0.202. The number of carbonyl (C=O) groups excluding carboxylic acids is 1. The van der Waals surface area contributed by atoms with E-state index in [1.165, 1.54) is 0 Å². The molecule has 30 heavy (non-hydrogen) atoms. The van der Waals surface area contributed by atoms with Gasteiger partial charge in [0.1, 0.15) is 23.4 Å². The van der Waals surface area contributed by atoms with Gasteiger partial charge < -0.3 is 9.47 Å². The van der Waals surface area contributed by atoms with E-state index in [1.54, 1.807) is 30.3 Å². The van der Waals surface area contributed by atoms with E-state index in [-0.39, 0.29) is 12.6 Å². The maximum absolute atomic E-state index is 12.1. The van der Waals surface area contributed by atoms with Gasteiger partial charge in [-0.15, -0.1) is 0 Å². The van der Waals surface area contributed by atoms with Crippen LogP contribution in [0.4, 0.5) is 0 Å². The number of nitrogens with zero attached hydrogens (tertiary/aromatic N) is 2. The first-order valence-corrected chi connectivity index (χ1v) is 10.3. The zero-order valence-electron chi connectivity index (χ0n) is 15.7. The molecule has 0 aliphatic carbocycles. The highest BCUT2D eigenvalue weighted by Crippen LogP contribution is 2.34. The average molecular weight is 488 g/mol. The molecule has 0 fully saturated rings. The number of esters is 1. The predicted molar refractivity (Wildman–Crippen MR) is 116 cm³/mol. The molecule has 4 rings (SSSR count). The van der Waals surface area contributed by atoms with Gasteiger partial charge in [0.2, 0.25) is 0 Å². The molecule has 0 amide bonds. The molecule has 0 spiro atoms. The van der Waals surface area contributed by atoms with Crippen LogP contribution >= 0.6 is 27.5 Å². The summed E-state index contributed by atoms with van der Waals surface area (Å²) in [7, 11) is 0. The third-order valence-electron chi connectivity index (χ3n) is 4.40. The lowest BCUT2D eigenvalue weighted by Gasteiger charge is -2.14. The summed E-state index contributed by atoms with van der Waals surface area (Å²) < 4.78 is 16.9. The van der Waals surface area contributed by atoms with Crippen molar-refractivity contribution in [3.63, 3.8) is 0 Å². The Balaban J connectivity index is 1.44. The molecular weight excluding hydrogens is 472 g/mol. The number of halogens is 2. The van der Waals surface area contributed by atoms with Crippen LogP contribution in [0.1, 0.15) is 21.5 Å². The van der Waals surface area contributed by atoms with Crippen LogP contribution in [0.2, 0.25) is 5.02 Å². The first kappa shape index (κ1) is 20.4. The second-order valence-electron chi connectivity index (χ2n) is 6.50. The molecule has 0 bridgehead atoms. The van der Waals surface area contributed by atoms with E-state index in [0.717, 1.165) is 15.6 Å². The second kappa shape index (κ2) is 9.28. The van der Waals surface area contributed by atoms with Crippen molar-refractivity contribution < 1.29 is 18.9 Å². The molecule has 4 aromatic rings. The number of hydrogen-bond acceptors (Lipinski definition) is 6. The lowest BCUT2D eigenvalue weighted by molar-refractivity contribution is 0.0508. The topological polar surface area (TPSA) is 74.5 Å². The van der Waals surface area contributed by atoms with Gasteiger partial charge in [-0.2, -0.15) is 0 Å². The van der Waals surface area contributed by atoms with Crippen molar-refractivity contribution >= 4 is 44.5 Å². The highest BCUT2D eigenvalue weighted by molar-refractivity contribution is 9.10.